The van der Waals surface area contributed by atoms with E-state index in [1.165, 1.54) is 25.7 Å². The van der Waals surface area contributed by atoms with Crippen molar-refractivity contribution in [3.05, 3.63) is 17.1 Å². The van der Waals surface area contributed by atoms with Crippen molar-refractivity contribution in [2.75, 3.05) is 0 Å². The average Bonchev–Trinajstić information content (AvgIpc) is 2.69. The third-order valence-electron chi connectivity index (χ3n) is 3.48. The van der Waals surface area contributed by atoms with Gasteiger partial charge in [0, 0.05) is 12.8 Å². The van der Waals surface area contributed by atoms with E-state index >= 15 is 0 Å². The highest BCUT2D eigenvalue weighted by Gasteiger charge is 2.21. The molecule has 0 atom stereocenters. The van der Waals surface area contributed by atoms with E-state index in [2.05, 4.69) is 6.92 Å². The zero-order chi connectivity index (χ0) is 14.3. The molecule has 19 heavy (non-hydrogen) atoms. The molecule has 0 bridgehead atoms. The second-order valence-corrected chi connectivity index (χ2v) is 5.10. The molecule has 1 rings (SSSR count). The molecule has 0 saturated heterocycles. The van der Waals surface area contributed by atoms with E-state index in [4.69, 9.17) is 4.42 Å². The van der Waals surface area contributed by atoms with Crippen LogP contribution in [0, 0.1) is 6.92 Å². The lowest BCUT2D eigenvalue weighted by Gasteiger charge is -2.02. The number of rotatable bonds is 9. The fourth-order valence-corrected chi connectivity index (χ4v) is 2.32. The highest BCUT2D eigenvalue weighted by Crippen LogP contribution is 2.30. The normalized spacial score (nSPS) is 10.9. The number of hydrogen-bond donors (Lipinski definition) is 1. The molecule has 3 heteroatoms. The van der Waals surface area contributed by atoms with Crippen LogP contribution < -0.4 is 0 Å². The lowest BCUT2D eigenvalue weighted by molar-refractivity contribution is 0.0975. The Hall–Kier alpha value is -1.25. The molecule has 1 N–H and O–H groups in total. The summed E-state index contributed by atoms with van der Waals surface area (Å²) in [6.45, 7) is 5.81. The van der Waals surface area contributed by atoms with Crippen LogP contribution in [0.1, 0.15) is 80.7 Å². The molecule has 1 heterocycles. The molecule has 0 aromatic carbocycles. The molecule has 0 aliphatic rings. The lowest BCUT2D eigenvalue weighted by atomic mass is 10.0. The first kappa shape index (κ1) is 15.8. The van der Waals surface area contributed by atoms with Crippen molar-refractivity contribution < 1.29 is 14.3 Å². The molecule has 0 spiro atoms. The summed E-state index contributed by atoms with van der Waals surface area (Å²) in [5.74, 6) is 1.11. The van der Waals surface area contributed by atoms with Gasteiger partial charge in [0.2, 0.25) is 0 Å². The zero-order valence-electron chi connectivity index (χ0n) is 12.4. The van der Waals surface area contributed by atoms with Crippen LogP contribution in [0.25, 0.3) is 0 Å². The van der Waals surface area contributed by atoms with E-state index in [1.54, 1.807) is 6.92 Å². The van der Waals surface area contributed by atoms with Crippen LogP contribution >= 0.6 is 0 Å². The Morgan fingerprint density at radius 3 is 2.37 bits per heavy atom. The van der Waals surface area contributed by atoms with Gasteiger partial charge in [0.15, 0.2) is 11.5 Å². The summed E-state index contributed by atoms with van der Waals surface area (Å²) < 4.78 is 5.40. The lowest BCUT2D eigenvalue weighted by Crippen LogP contribution is -2.01. The van der Waals surface area contributed by atoms with Gasteiger partial charge in [0.25, 0.3) is 0 Å². The third kappa shape index (κ3) is 4.41. The number of Topliss-reactive ketones (excluding diaryl/α,β-unsaturated/α-hetero) is 1. The van der Waals surface area contributed by atoms with Gasteiger partial charge < -0.3 is 9.52 Å². The summed E-state index contributed by atoms with van der Waals surface area (Å²) in [6.07, 6.45) is 8.08. The fraction of sp³-hybridized carbons (Fsp3) is 0.688. The third-order valence-corrected chi connectivity index (χ3v) is 3.48. The number of furan rings is 1. The Bertz CT molecular complexity index is 404. The van der Waals surface area contributed by atoms with Gasteiger partial charge in [-0.1, -0.05) is 46.0 Å². The molecule has 0 aliphatic heterocycles. The molecular weight excluding hydrogens is 240 g/mol. The molecule has 0 radical (unpaired) electrons. The number of unbranched alkanes of at least 4 members (excludes halogenated alkanes) is 5. The van der Waals surface area contributed by atoms with Gasteiger partial charge >= 0.3 is 0 Å². The maximum Gasteiger partial charge on any atom is 0.170 e. The van der Waals surface area contributed by atoms with Crippen LogP contribution in [0.15, 0.2) is 4.42 Å². The Morgan fingerprint density at radius 1 is 1.11 bits per heavy atom. The molecule has 3 nitrogen and oxygen atoms in total. The standard InChI is InChI=1S/C16H26O3/c1-4-6-7-8-9-10-11-13(17)15-14(5-2)19-12(3)16(15)18/h18H,4-11H2,1-3H3. The van der Waals surface area contributed by atoms with E-state index in [0.29, 0.717) is 29.9 Å². The molecule has 0 amide bonds. The Labute approximate surface area is 116 Å². The average molecular weight is 266 g/mol. The number of carbonyl (C=O) groups excluding carboxylic acids is 1. The number of carbonyl (C=O) groups is 1. The minimum atomic E-state index is 0.0155. The van der Waals surface area contributed by atoms with Crippen molar-refractivity contribution in [3.8, 4) is 5.75 Å². The largest absolute Gasteiger partial charge is 0.504 e. The maximum atomic E-state index is 12.1. The van der Waals surface area contributed by atoms with Crippen LogP contribution in [0.5, 0.6) is 5.75 Å². The van der Waals surface area contributed by atoms with Gasteiger partial charge in [-0.05, 0) is 13.3 Å². The van der Waals surface area contributed by atoms with Gasteiger partial charge in [0.1, 0.15) is 17.1 Å². The summed E-state index contributed by atoms with van der Waals surface area (Å²) in [7, 11) is 0. The van der Waals surface area contributed by atoms with Crippen molar-refractivity contribution in [3.63, 3.8) is 0 Å². The van der Waals surface area contributed by atoms with Crippen molar-refractivity contribution in [1.29, 1.82) is 0 Å². The Balaban J connectivity index is 2.45. The summed E-state index contributed by atoms with van der Waals surface area (Å²) in [6, 6.07) is 0. The van der Waals surface area contributed by atoms with Gasteiger partial charge in [-0.2, -0.15) is 0 Å². The summed E-state index contributed by atoms with van der Waals surface area (Å²) in [5, 5.41) is 9.88. The SMILES string of the molecule is CCCCCCCCC(=O)c1c(CC)oc(C)c1O. The minimum absolute atomic E-state index is 0.0155. The number of aromatic hydroxyl groups is 1. The molecule has 0 fully saturated rings. The molecule has 0 saturated carbocycles. The highest BCUT2D eigenvalue weighted by atomic mass is 16.4. The zero-order valence-corrected chi connectivity index (χ0v) is 12.4. The molecule has 1 aromatic rings. The van der Waals surface area contributed by atoms with E-state index in [0.717, 1.165) is 12.8 Å². The molecule has 108 valence electrons. The van der Waals surface area contributed by atoms with Crippen molar-refractivity contribution in [2.24, 2.45) is 0 Å². The fourth-order valence-electron chi connectivity index (χ4n) is 2.32. The van der Waals surface area contributed by atoms with Crippen LogP contribution in [-0.4, -0.2) is 10.9 Å². The number of aryl methyl sites for hydroxylation is 2. The van der Waals surface area contributed by atoms with E-state index in [1.807, 2.05) is 6.92 Å². The Morgan fingerprint density at radius 2 is 1.74 bits per heavy atom. The van der Waals surface area contributed by atoms with Crippen molar-refractivity contribution >= 4 is 5.78 Å². The van der Waals surface area contributed by atoms with Gasteiger partial charge in [-0.15, -0.1) is 0 Å². The van der Waals surface area contributed by atoms with Gasteiger partial charge in [-0.25, -0.2) is 0 Å². The van der Waals surface area contributed by atoms with Crippen molar-refractivity contribution in [1.82, 2.24) is 0 Å². The summed E-state index contributed by atoms with van der Waals surface area (Å²) in [4.78, 5) is 12.1. The number of hydrogen-bond acceptors (Lipinski definition) is 3. The molecule has 1 aromatic heterocycles. The van der Waals surface area contributed by atoms with Crippen LogP contribution in [0.2, 0.25) is 0 Å². The van der Waals surface area contributed by atoms with Crippen LogP contribution in [0.4, 0.5) is 0 Å². The second kappa shape index (κ2) is 8.03. The second-order valence-electron chi connectivity index (χ2n) is 5.10. The quantitative estimate of drug-likeness (QED) is 0.516. The Kier molecular flexibility index (Phi) is 6.68. The molecular formula is C16H26O3. The predicted octanol–water partition coefficient (Wildman–Crippen LogP) is 4.79. The van der Waals surface area contributed by atoms with Crippen molar-refractivity contribution in [2.45, 2.75) is 72.1 Å². The predicted molar refractivity (Wildman–Crippen MR) is 76.8 cm³/mol. The highest BCUT2D eigenvalue weighted by molar-refractivity contribution is 5.99. The van der Waals surface area contributed by atoms with Crippen LogP contribution in [-0.2, 0) is 6.42 Å². The summed E-state index contributed by atoms with van der Waals surface area (Å²) >= 11 is 0. The van der Waals surface area contributed by atoms with Gasteiger partial charge in [-0.3, -0.25) is 4.79 Å². The first-order valence-electron chi connectivity index (χ1n) is 7.46. The minimum Gasteiger partial charge on any atom is -0.504 e. The van der Waals surface area contributed by atoms with E-state index in [9.17, 15) is 9.90 Å². The maximum absolute atomic E-state index is 12.1. The van der Waals surface area contributed by atoms with E-state index < -0.39 is 0 Å². The number of ketones is 1. The van der Waals surface area contributed by atoms with Gasteiger partial charge in [0.05, 0.1) is 0 Å². The van der Waals surface area contributed by atoms with Crippen LogP contribution in [0.3, 0.4) is 0 Å². The molecule has 0 aliphatic carbocycles. The van der Waals surface area contributed by atoms with E-state index in [-0.39, 0.29) is 11.5 Å². The first-order chi connectivity index (χ1) is 9.11. The first-order valence-corrected chi connectivity index (χ1v) is 7.46. The molecule has 0 unspecified atom stereocenters. The summed E-state index contributed by atoms with van der Waals surface area (Å²) in [5.41, 5.74) is 0.411. The topological polar surface area (TPSA) is 50.4 Å². The monoisotopic (exact) mass is 266 g/mol. The smallest absolute Gasteiger partial charge is 0.170 e.